The normalized spacial score (nSPS) is 26.5. The molecule has 0 spiro atoms. The molecule has 1 saturated carbocycles. The average Bonchev–Trinajstić information content (AvgIpc) is 2.46. The lowest BCUT2D eigenvalue weighted by molar-refractivity contribution is -0.156. The van der Waals surface area contributed by atoms with Crippen LogP contribution in [-0.2, 0) is 9.53 Å². The summed E-state index contributed by atoms with van der Waals surface area (Å²) in [4.78, 5) is 12.6. The molecule has 0 aromatic rings. The van der Waals surface area contributed by atoms with Gasteiger partial charge in [-0.25, -0.2) is 0 Å². The van der Waals surface area contributed by atoms with Gasteiger partial charge in [-0.1, -0.05) is 45.4 Å². The fraction of sp³-hybridized carbons (Fsp3) is 0.773. The predicted octanol–water partition coefficient (Wildman–Crippen LogP) is 6.32. The van der Waals surface area contributed by atoms with Crippen molar-refractivity contribution in [1.82, 2.24) is 0 Å². The van der Waals surface area contributed by atoms with E-state index >= 15 is 0 Å². The molecule has 0 aliphatic heterocycles. The van der Waals surface area contributed by atoms with Crippen LogP contribution in [0.25, 0.3) is 0 Å². The van der Waals surface area contributed by atoms with E-state index in [-0.39, 0.29) is 5.97 Å². The minimum Gasteiger partial charge on any atom is -0.455 e. The van der Waals surface area contributed by atoms with Gasteiger partial charge in [-0.2, -0.15) is 0 Å². The zero-order valence-corrected chi connectivity index (χ0v) is 16.7. The number of allylic oxidation sites excluding steroid dienone is 2. The number of rotatable bonds is 8. The molecule has 1 fully saturated rings. The van der Waals surface area contributed by atoms with E-state index in [2.05, 4.69) is 47.3 Å². The van der Waals surface area contributed by atoms with Crippen molar-refractivity contribution in [1.29, 1.82) is 0 Å². The zero-order valence-electron chi connectivity index (χ0n) is 16.7. The van der Waals surface area contributed by atoms with Gasteiger partial charge in [0, 0.05) is 6.42 Å². The first-order valence-electron chi connectivity index (χ1n) is 9.65. The van der Waals surface area contributed by atoms with Gasteiger partial charge in [0.2, 0.25) is 0 Å². The molecule has 1 rings (SSSR count). The molecule has 0 N–H and O–H groups in total. The molecule has 0 aromatic carbocycles. The quantitative estimate of drug-likeness (QED) is 0.383. The first-order valence-corrected chi connectivity index (χ1v) is 9.65. The second-order valence-electron chi connectivity index (χ2n) is 8.60. The SMILES string of the molecule is C=CC(C)(CCC=C(C)C)OC(=O)CC1CC(C)CCC1C(C)C. The fourth-order valence-electron chi connectivity index (χ4n) is 3.99. The second kappa shape index (κ2) is 9.44. The van der Waals surface area contributed by atoms with Crippen molar-refractivity contribution in [2.45, 2.75) is 85.7 Å². The molecule has 0 saturated heterocycles. The van der Waals surface area contributed by atoms with Crippen LogP contribution in [0.15, 0.2) is 24.3 Å². The number of esters is 1. The van der Waals surface area contributed by atoms with E-state index in [1.807, 2.05) is 6.92 Å². The molecule has 1 aliphatic rings. The van der Waals surface area contributed by atoms with Crippen LogP contribution in [0.3, 0.4) is 0 Å². The Labute approximate surface area is 149 Å². The van der Waals surface area contributed by atoms with Crippen molar-refractivity contribution in [2.24, 2.45) is 23.7 Å². The first kappa shape index (κ1) is 21.0. The van der Waals surface area contributed by atoms with E-state index in [4.69, 9.17) is 4.74 Å². The predicted molar refractivity (Wildman–Crippen MR) is 103 cm³/mol. The molecule has 2 nitrogen and oxygen atoms in total. The van der Waals surface area contributed by atoms with Crippen LogP contribution < -0.4 is 0 Å². The molecule has 0 aromatic heterocycles. The van der Waals surface area contributed by atoms with Crippen LogP contribution in [-0.4, -0.2) is 11.6 Å². The van der Waals surface area contributed by atoms with Gasteiger partial charge in [0.15, 0.2) is 0 Å². The number of carbonyl (C=O) groups excluding carboxylic acids is 1. The summed E-state index contributed by atoms with van der Waals surface area (Å²) in [6.45, 7) is 16.9. The summed E-state index contributed by atoms with van der Waals surface area (Å²) in [7, 11) is 0. The van der Waals surface area contributed by atoms with Gasteiger partial charge < -0.3 is 4.74 Å². The lowest BCUT2D eigenvalue weighted by atomic mass is 9.69. The van der Waals surface area contributed by atoms with Gasteiger partial charge in [-0.05, 0) is 76.2 Å². The zero-order chi connectivity index (χ0) is 18.3. The molecule has 4 atom stereocenters. The van der Waals surface area contributed by atoms with Crippen molar-refractivity contribution in [3.63, 3.8) is 0 Å². The van der Waals surface area contributed by atoms with Crippen molar-refractivity contribution in [2.75, 3.05) is 0 Å². The van der Waals surface area contributed by atoms with E-state index in [9.17, 15) is 4.79 Å². The summed E-state index contributed by atoms with van der Waals surface area (Å²) < 4.78 is 5.85. The van der Waals surface area contributed by atoms with E-state index in [0.717, 1.165) is 25.2 Å². The number of ether oxygens (including phenoxy) is 1. The average molecular weight is 335 g/mol. The molecule has 4 unspecified atom stereocenters. The summed E-state index contributed by atoms with van der Waals surface area (Å²) in [5.74, 6) is 2.42. The monoisotopic (exact) mass is 334 g/mol. The third-order valence-corrected chi connectivity index (χ3v) is 5.56. The maximum Gasteiger partial charge on any atom is 0.306 e. The Hall–Kier alpha value is -1.05. The highest BCUT2D eigenvalue weighted by molar-refractivity contribution is 5.70. The van der Waals surface area contributed by atoms with Crippen molar-refractivity contribution in [3.8, 4) is 0 Å². The number of carbonyl (C=O) groups is 1. The van der Waals surface area contributed by atoms with Gasteiger partial charge in [0.05, 0.1) is 0 Å². The van der Waals surface area contributed by atoms with Gasteiger partial charge in [-0.15, -0.1) is 0 Å². The molecule has 1 aliphatic carbocycles. The third kappa shape index (κ3) is 6.83. The highest BCUT2D eigenvalue weighted by Crippen LogP contribution is 2.40. The summed E-state index contributed by atoms with van der Waals surface area (Å²) >= 11 is 0. The third-order valence-electron chi connectivity index (χ3n) is 5.56. The Balaban J connectivity index is 2.64. The number of hydrogen-bond donors (Lipinski definition) is 0. The summed E-state index contributed by atoms with van der Waals surface area (Å²) in [6.07, 6.45) is 9.92. The molecular weight excluding hydrogens is 296 g/mol. The smallest absolute Gasteiger partial charge is 0.306 e. The van der Waals surface area contributed by atoms with Crippen LogP contribution in [0.2, 0.25) is 0 Å². The van der Waals surface area contributed by atoms with Crippen LogP contribution in [0, 0.1) is 23.7 Å². The first-order chi connectivity index (χ1) is 11.2. The Morgan fingerprint density at radius 3 is 2.54 bits per heavy atom. The van der Waals surface area contributed by atoms with Gasteiger partial charge in [0.25, 0.3) is 0 Å². The molecular formula is C22H38O2. The minimum atomic E-state index is -0.559. The molecule has 0 heterocycles. The highest BCUT2D eigenvalue weighted by Gasteiger charge is 2.34. The molecule has 0 amide bonds. The largest absolute Gasteiger partial charge is 0.455 e. The second-order valence-corrected chi connectivity index (χ2v) is 8.60. The van der Waals surface area contributed by atoms with Gasteiger partial charge in [0.1, 0.15) is 5.60 Å². The van der Waals surface area contributed by atoms with Crippen molar-refractivity contribution >= 4 is 5.97 Å². The maximum atomic E-state index is 12.6. The van der Waals surface area contributed by atoms with E-state index in [1.54, 1.807) is 6.08 Å². The molecule has 0 bridgehead atoms. The summed E-state index contributed by atoms with van der Waals surface area (Å²) in [6, 6.07) is 0. The standard InChI is InChI=1S/C22H38O2/c1-8-22(7,13-9-10-16(2)3)24-21(23)15-19-14-18(6)11-12-20(19)17(4)5/h8,10,17-20H,1,9,11-15H2,2-7H3. The minimum absolute atomic E-state index is 0.0562. The molecule has 2 heteroatoms. The Kier molecular flexibility index (Phi) is 8.26. The Bertz CT molecular complexity index is 445. The van der Waals surface area contributed by atoms with E-state index in [0.29, 0.717) is 24.2 Å². The highest BCUT2D eigenvalue weighted by atomic mass is 16.6. The Morgan fingerprint density at radius 2 is 2.00 bits per heavy atom. The van der Waals surface area contributed by atoms with Gasteiger partial charge in [-0.3, -0.25) is 4.79 Å². The van der Waals surface area contributed by atoms with Crippen LogP contribution in [0.5, 0.6) is 0 Å². The summed E-state index contributed by atoms with van der Waals surface area (Å²) in [5, 5.41) is 0. The lowest BCUT2D eigenvalue weighted by Crippen LogP contribution is -2.33. The van der Waals surface area contributed by atoms with Crippen molar-refractivity contribution in [3.05, 3.63) is 24.3 Å². The van der Waals surface area contributed by atoms with E-state index in [1.165, 1.54) is 18.4 Å². The van der Waals surface area contributed by atoms with Crippen LogP contribution in [0.1, 0.15) is 80.1 Å². The van der Waals surface area contributed by atoms with Gasteiger partial charge >= 0.3 is 5.97 Å². The molecule has 0 radical (unpaired) electrons. The fourth-order valence-corrected chi connectivity index (χ4v) is 3.99. The van der Waals surface area contributed by atoms with Crippen molar-refractivity contribution < 1.29 is 9.53 Å². The van der Waals surface area contributed by atoms with Crippen LogP contribution >= 0.6 is 0 Å². The summed E-state index contributed by atoms with van der Waals surface area (Å²) in [5.41, 5.74) is 0.736. The number of hydrogen-bond acceptors (Lipinski definition) is 2. The lowest BCUT2D eigenvalue weighted by Gasteiger charge is -2.37. The molecule has 24 heavy (non-hydrogen) atoms. The Morgan fingerprint density at radius 1 is 1.33 bits per heavy atom. The molecule has 138 valence electrons. The van der Waals surface area contributed by atoms with Crippen LogP contribution in [0.4, 0.5) is 0 Å². The maximum absolute atomic E-state index is 12.6. The topological polar surface area (TPSA) is 26.3 Å². The van der Waals surface area contributed by atoms with E-state index < -0.39 is 5.60 Å².